The first-order valence-corrected chi connectivity index (χ1v) is 10.0. The van der Waals surface area contributed by atoms with Gasteiger partial charge in [-0.3, -0.25) is 14.4 Å². The second-order valence-corrected chi connectivity index (χ2v) is 9.45. The van der Waals surface area contributed by atoms with Crippen LogP contribution in [0.15, 0.2) is 47.4 Å². The van der Waals surface area contributed by atoms with Gasteiger partial charge in [0.15, 0.2) is 11.2 Å². The Hall–Kier alpha value is -3.21. The van der Waals surface area contributed by atoms with Gasteiger partial charge in [0, 0.05) is 29.1 Å². The van der Waals surface area contributed by atoms with E-state index >= 15 is 0 Å². The van der Waals surface area contributed by atoms with Gasteiger partial charge in [-0.2, -0.15) is 0 Å². The number of rotatable bonds is 3. The normalized spacial score (nSPS) is 15.2. The van der Waals surface area contributed by atoms with E-state index in [0.717, 1.165) is 16.7 Å². The maximum atomic E-state index is 13.1. The number of ketones is 1. The van der Waals surface area contributed by atoms with E-state index in [4.69, 9.17) is 4.74 Å². The van der Waals surface area contributed by atoms with Gasteiger partial charge < -0.3 is 9.72 Å². The number of hydrogen-bond donors (Lipinski definition) is 1. The zero-order valence-electron chi connectivity index (χ0n) is 17.9. The second kappa shape index (κ2) is 6.66. The van der Waals surface area contributed by atoms with Gasteiger partial charge in [0.2, 0.25) is 0 Å². The van der Waals surface area contributed by atoms with Crippen LogP contribution in [-0.2, 0) is 22.0 Å². The van der Waals surface area contributed by atoms with Crippen molar-refractivity contribution in [3.05, 3.63) is 75.1 Å². The summed E-state index contributed by atoms with van der Waals surface area (Å²) in [4.78, 5) is 41.3. The number of fused-ring (bicyclic) bond motifs is 2. The third kappa shape index (κ3) is 3.15. The van der Waals surface area contributed by atoms with Crippen LogP contribution in [0.1, 0.15) is 61.7 Å². The fourth-order valence-electron chi connectivity index (χ4n) is 4.02. The molecular formula is C25H25NO4. The smallest absolute Gasteiger partial charge is 0.321 e. The van der Waals surface area contributed by atoms with E-state index in [1.54, 1.807) is 24.3 Å². The summed E-state index contributed by atoms with van der Waals surface area (Å²) in [6, 6.07) is 10.9. The van der Waals surface area contributed by atoms with Crippen molar-refractivity contribution in [2.24, 2.45) is 0 Å². The Morgan fingerprint density at radius 2 is 1.80 bits per heavy atom. The molecule has 0 amide bonds. The lowest BCUT2D eigenvalue weighted by atomic mass is 9.77. The minimum Gasteiger partial charge on any atom is -0.426 e. The number of ether oxygens (including phenoxy) is 1. The molecule has 0 saturated carbocycles. The predicted octanol–water partition coefficient (Wildman–Crippen LogP) is 4.45. The number of carbonyl (C=O) groups excluding carboxylic acids is 2. The summed E-state index contributed by atoms with van der Waals surface area (Å²) >= 11 is 0. The molecule has 0 bridgehead atoms. The molecule has 5 nitrogen and oxygen atoms in total. The number of hydrogen-bond acceptors (Lipinski definition) is 4. The Morgan fingerprint density at radius 1 is 1.10 bits per heavy atom. The lowest BCUT2D eigenvalue weighted by molar-refractivity contribution is -0.137. The van der Waals surface area contributed by atoms with E-state index in [0.29, 0.717) is 16.7 Å². The van der Waals surface area contributed by atoms with Crippen LogP contribution in [0.25, 0.3) is 10.9 Å². The van der Waals surface area contributed by atoms with Crippen molar-refractivity contribution in [1.82, 2.24) is 4.98 Å². The highest BCUT2D eigenvalue weighted by molar-refractivity contribution is 6.00. The second-order valence-electron chi connectivity index (χ2n) is 9.45. The number of aromatic nitrogens is 1. The molecule has 0 spiro atoms. The summed E-state index contributed by atoms with van der Waals surface area (Å²) in [5.41, 5.74) is 2.14. The topological polar surface area (TPSA) is 76.2 Å². The zero-order chi connectivity index (χ0) is 21.8. The molecule has 0 fully saturated rings. The first-order chi connectivity index (χ1) is 14.0. The van der Waals surface area contributed by atoms with Crippen LogP contribution in [0.3, 0.4) is 0 Å². The van der Waals surface area contributed by atoms with Gasteiger partial charge in [-0.15, -0.1) is 0 Å². The fraction of sp³-hybridized carbons (Fsp3) is 0.320. The summed E-state index contributed by atoms with van der Waals surface area (Å²) in [6.45, 7) is 9.88. The standard InChI is InChI=1S/C25H25NO4/c1-24(2,3)17-12-18-21(30-23(29)25(18,4)5)11-14(17)10-20(27)16-13-26-19-9-7-6-8-15(19)22(16)28/h6-9,11-13H,10H2,1-5H3,(H,26,28). The average Bonchev–Trinajstić information content (AvgIpc) is 2.89. The Bertz CT molecular complexity index is 1260. The molecule has 2 aromatic carbocycles. The lowest BCUT2D eigenvalue weighted by Crippen LogP contribution is -2.26. The molecule has 30 heavy (non-hydrogen) atoms. The maximum Gasteiger partial charge on any atom is 0.321 e. The van der Waals surface area contributed by atoms with Crippen molar-refractivity contribution in [3.8, 4) is 5.75 Å². The van der Waals surface area contributed by atoms with E-state index in [1.807, 2.05) is 26.0 Å². The molecule has 1 aromatic heterocycles. The highest BCUT2D eigenvalue weighted by Crippen LogP contribution is 2.43. The number of Topliss-reactive ketones (excluding diaryl/α,β-unsaturated/α-hetero) is 1. The number of para-hydroxylation sites is 1. The first-order valence-electron chi connectivity index (χ1n) is 10.0. The minimum atomic E-state index is -0.729. The van der Waals surface area contributed by atoms with Gasteiger partial charge in [-0.25, -0.2) is 0 Å². The van der Waals surface area contributed by atoms with Gasteiger partial charge in [0.25, 0.3) is 0 Å². The van der Waals surface area contributed by atoms with Gasteiger partial charge in [0.05, 0.1) is 11.0 Å². The Morgan fingerprint density at radius 3 is 2.50 bits per heavy atom. The average molecular weight is 403 g/mol. The molecule has 0 unspecified atom stereocenters. The van der Waals surface area contributed by atoms with Crippen molar-refractivity contribution >= 4 is 22.7 Å². The number of esters is 1. The molecule has 0 radical (unpaired) electrons. The van der Waals surface area contributed by atoms with Crippen molar-refractivity contribution < 1.29 is 14.3 Å². The lowest BCUT2D eigenvalue weighted by Gasteiger charge is -2.25. The molecular weight excluding hydrogens is 378 g/mol. The molecule has 0 aliphatic carbocycles. The molecule has 2 heterocycles. The van der Waals surface area contributed by atoms with Crippen LogP contribution in [0.4, 0.5) is 0 Å². The van der Waals surface area contributed by atoms with Crippen molar-refractivity contribution in [2.45, 2.75) is 51.9 Å². The quantitative estimate of drug-likeness (QED) is 0.398. The summed E-state index contributed by atoms with van der Waals surface area (Å²) in [5, 5.41) is 0.490. The Balaban J connectivity index is 1.79. The summed E-state index contributed by atoms with van der Waals surface area (Å²) in [6.07, 6.45) is 1.54. The zero-order valence-corrected chi connectivity index (χ0v) is 17.9. The molecule has 4 rings (SSSR count). The summed E-state index contributed by atoms with van der Waals surface area (Å²) < 4.78 is 5.48. The Labute approximate surface area is 175 Å². The fourth-order valence-corrected chi connectivity index (χ4v) is 4.02. The van der Waals surface area contributed by atoms with Crippen molar-refractivity contribution in [1.29, 1.82) is 0 Å². The number of nitrogens with one attached hydrogen (secondary N) is 1. The number of aromatic amines is 1. The van der Waals surface area contributed by atoms with Crippen molar-refractivity contribution in [3.63, 3.8) is 0 Å². The summed E-state index contributed by atoms with van der Waals surface area (Å²) in [5.74, 6) is -0.0731. The molecule has 5 heteroatoms. The third-order valence-electron chi connectivity index (χ3n) is 5.84. The number of H-pyrrole nitrogens is 1. The van der Waals surface area contributed by atoms with E-state index < -0.39 is 5.41 Å². The highest BCUT2D eigenvalue weighted by Gasteiger charge is 2.42. The highest BCUT2D eigenvalue weighted by atomic mass is 16.5. The third-order valence-corrected chi connectivity index (χ3v) is 5.84. The van der Waals surface area contributed by atoms with Gasteiger partial charge in [0.1, 0.15) is 5.75 Å². The van der Waals surface area contributed by atoms with Gasteiger partial charge >= 0.3 is 5.97 Å². The molecule has 1 aliphatic heterocycles. The van der Waals surface area contributed by atoms with Crippen molar-refractivity contribution in [2.75, 3.05) is 0 Å². The molecule has 0 atom stereocenters. The number of pyridine rings is 1. The maximum absolute atomic E-state index is 13.1. The van der Waals surface area contributed by atoms with Crippen LogP contribution < -0.4 is 10.2 Å². The SMILES string of the molecule is CC(C)(C)c1cc2c(cc1CC(=O)c1c[nH]c3ccccc3c1=O)OC(=O)C2(C)C. The van der Waals surface area contributed by atoms with Crippen LogP contribution in [-0.4, -0.2) is 16.7 Å². The molecule has 1 aliphatic rings. The van der Waals surface area contributed by atoms with Crippen LogP contribution >= 0.6 is 0 Å². The Kier molecular flexibility index (Phi) is 4.46. The van der Waals surface area contributed by atoms with Crippen LogP contribution in [0, 0.1) is 0 Å². The largest absolute Gasteiger partial charge is 0.426 e. The first kappa shape index (κ1) is 20.1. The van der Waals surface area contributed by atoms with Gasteiger partial charge in [-0.1, -0.05) is 39.0 Å². The molecule has 1 N–H and O–H groups in total. The summed E-state index contributed by atoms with van der Waals surface area (Å²) in [7, 11) is 0. The van der Waals surface area contributed by atoms with E-state index in [-0.39, 0.29) is 34.6 Å². The predicted molar refractivity (Wildman–Crippen MR) is 116 cm³/mol. The molecule has 0 saturated heterocycles. The molecule has 3 aromatic rings. The minimum absolute atomic E-state index is 0.0548. The van der Waals surface area contributed by atoms with Gasteiger partial charge in [-0.05, 0) is 48.6 Å². The van der Waals surface area contributed by atoms with Crippen LogP contribution in [0.2, 0.25) is 0 Å². The van der Waals surface area contributed by atoms with E-state index in [1.165, 1.54) is 6.20 Å². The van der Waals surface area contributed by atoms with E-state index in [2.05, 4.69) is 25.8 Å². The van der Waals surface area contributed by atoms with Crippen LogP contribution in [0.5, 0.6) is 5.75 Å². The molecule has 154 valence electrons. The number of carbonyl (C=O) groups is 2. The number of benzene rings is 2. The van der Waals surface area contributed by atoms with E-state index in [9.17, 15) is 14.4 Å². The monoisotopic (exact) mass is 403 g/mol.